The fraction of sp³-hybridized carbons (Fsp3) is 0.533. The Balaban J connectivity index is 2.53. The Labute approximate surface area is 114 Å². The molecular formula is C15H23FN2O. The lowest BCUT2D eigenvalue weighted by Crippen LogP contribution is -2.42. The number of hydrogen-bond donors (Lipinski definition) is 2. The molecule has 1 aromatic rings. The highest BCUT2D eigenvalue weighted by Crippen LogP contribution is 2.22. The summed E-state index contributed by atoms with van der Waals surface area (Å²) < 4.78 is 13.2. The quantitative estimate of drug-likeness (QED) is 0.829. The van der Waals surface area contributed by atoms with Crippen LogP contribution in [0.4, 0.5) is 4.39 Å². The summed E-state index contributed by atoms with van der Waals surface area (Å²) in [4.78, 5) is 11.6. The molecule has 0 saturated heterocycles. The number of rotatable bonds is 6. The Morgan fingerprint density at radius 2 is 2.05 bits per heavy atom. The van der Waals surface area contributed by atoms with Crippen molar-refractivity contribution in [2.24, 2.45) is 0 Å². The smallest absolute Gasteiger partial charge is 0.233 e. The molecule has 0 fully saturated rings. The normalized spacial score (nSPS) is 11.7. The summed E-state index contributed by atoms with van der Waals surface area (Å²) in [5, 5.41) is 5.93. The van der Waals surface area contributed by atoms with Crippen molar-refractivity contribution in [1.29, 1.82) is 0 Å². The first-order valence-corrected chi connectivity index (χ1v) is 6.57. The molecular weight excluding hydrogens is 243 g/mol. The minimum absolute atomic E-state index is 0.0434. The molecule has 106 valence electrons. The highest BCUT2D eigenvalue weighted by Gasteiger charge is 2.21. The molecule has 1 rings (SSSR count). The third-order valence-electron chi connectivity index (χ3n) is 3.00. The molecule has 0 aliphatic rings. The Bertz CT molecular complexity index is 430. The highest BCUT2D eigenvalue weighted by molar-refractivity contribution is 5.78. The Kier molecular flexibility index (Phi) is 5.48. The topological polar surface area (TPSA) is 41.1 Å². The first-order chi connectivity index (χ1) is 8.81. The number of amides is 1. The van der Waals surface area contributed by atoms with Gasteiger partial charge in [0.05, 0.1) is 6.54 Å². The van der Waals surface area contributed by atoms with E-state index in [1.54, 1.807) is 6.07 Å². The van der Waals surface area contributed by atoms with Crippen LogP contribution in [0.15, 0.2) is 24.3 Å². The van der Waals surface area contributed by atoms with Crippen LogP contribution in [-0.4, -0.2) is 25.0 Å². The van der Waals surface area contributed by atoms with Crippen LogP contribution in [0.25, 0.3) is 0 Å². The van der Waals surface area contributed by atoms with Gasteiger partial charge in [0.25, 0.3) is 0 Å². The number of benzene rings is 1. The number of carbonyl (C=O) groups is 1. The molecule has 0 aliphatic heterocycles. The van der Waals surface area contributed by atoms with Gasteiger partial charge in [-0.25, -0.2) is 4.39 Å². The average Bonchev–Trinajstić information content (AvgIpc) is 2.34. The van der Waals surface area contributed by atoms with Gasteiger partial charge in [0.15, 0.2) is 0 Å². The molecule has 0 aromatic heterocycles. The maximum Gasteiger partial charge on any atom is 0.233 e. The molecule has 0 spiro atoms. The van der Waals surface area contributed by atoms with E-state index in [1.165, 1.54) is 12.1 Å². The number of carbonyl (C=O) groups excluding carboxylic acids is 1. The average molecular weight is 266 g/mol. The van der Waals surface area contributed by atoms with E-state index in [2.05, 4.69) is 10.6 Å². The second kappa shape index (κ2) is 6.66. The van der Waals surface area contributed by atoms with Crippen molar-refractivity contribution >= 4 is 5.91 Å². The van der Waals surface area contributed by atoms with Crippen LogP contribution in [0.2, 0.25) is 0 Å². The molecule has 19 heavy (non-hydrogen) atoms. The lowest BCUT2D eigenvalue weighted by molar-refractivity contribution is -0.120. The Hall–Kier alpha value is -1.42. The summed E-state index contributed by atoms with van der Waals surface area (Å²) in [5.74, 6) is -0.295. The predicted molar refractivity (Wildman–Crippen MR) is 75.6 cm³/mol. The van der Waals surface area contributed by atoms with E-state index in [1.807, 2.05) is 33.8 Å². The van der Waals surface area contributed by atoms with Gasteiger partial charge in [-0.05, 0) is 17.7 Å². The highest BCUT2D eigenvalue weighted by atomic mass is 19.1. The Morgan fingerprint density at radius 1 is 1.37 bits per heavy atom. The van der Waals surface area contributed by atoms with E-state index in [4.69, 9.17) is 0 Å². The summed E-state index contributed by atoms with van der Waals surface area (Å²) in [6.45, 7) is 8.73. The molecule has 4 heteroatoms. The molecule has 1 amide bonds. The van der Waals surface area contributed by atoms with Crippen LogP contribution in [0.1, 0.15) is 33.3 Å². The van der Waals surface area contributed by atoms with Crippen molar-refractivity contribution in [2.75, 3.05) is 13.1 Å². The van der Waals surface area contributed by atoms with Gasteiger partial charge in [0.2, 0.25) is 5.91 Å². The molecule has 0 atom stereocenters. The predicted octanol–water partition coefficient (Wildman–Crippen LogP) is 2.22. The van der Waals surface area contributed by atoms with E-state index >= 15 is 0 Å². The van der Waals surface area contributed by atoms with E-state index < -0.39 is 0 Å². The van der Waals surface area contributed by atoms with Crippen LogP contribution >= 0.6 is 0 Å². The van der Waals surface area contributed by atoms with Gasteiger partial charge in [-0.3, -0.25) is 4.79 Å². The molecule has 0 aliphatic carbocycles. The monoisotopic (exact) mass is 266 g/mol. The lowest BCUT2D eigenvalue weighted by atomic mass is 9.84. The summed E-state index contributed by atoms with van der Waals surface area (Å²) in [5.41, 5.74) is 0.583. The van der Waals surface area contributed by atoms with Crippen molar-refractivity contribution in [1.82, 2.24) is 10.6 Å². The third kappa shape index (κ3) is 5.39. The molecule has 3 nitrogen and oxygen atoms in total. The molecule has 0 bridgehead atoms. The molecule has 1 aromatic carbocycles. The van der Waals surface area contributed by atoms with E-state index in [9.17, 15) is 9.18 Å². The summed E-state index contributed by atoms with van der Waals surface area (Å²) in [6.07, 6.45) is 0. The Morgan fingerprint density at radius 3 is 2.63 bits per heavy atom. The van der Waals surface area contributed by atoms with Gasteiger partial charge >= 0.3 is 0 Å². The van der Waals surface area contributed by atoms with Crippen LogP contribution in [0.5, 0.6) is 0 Å². The molecule has 0 saturated carbocycles. The van der Waals surface area contributed by atoms with Crippen LogP contribution < -0.4 is 10.6 Å². The van der Waals surface area contributed by atoms with Gasteiger partial charge in [-0.2, -0.15) is 0 Å². The zero-order chi connectivity index (χ0) is 14.5. The molecule has 0 unspecified atom stereocenters. The zero-order valence-corrected chi connectivity index (χ0v) is 12.1. The van der Waals surface area contributed by atoms with Gasteiger partial charge in [0, 0.05) is 18.0 Å². The maximum atomic E-state index is 13.2. The standard InChI is InChI=1S/C15H23FN2O/c1-11(2)17-9-14(19)18-10-15(3,4)12-6-5-7-13(16)8-12/h5-8,11,17H,9-10H2,1-4H3,(H,18,19). The molecule has 0 heterocycles. The second-order valence-electron chi connectivity index (χ2n) is 5.71. The van der Waals surface area contributed by atoms with E-state index in [0.29, 0.717) is 13.1 Å². The summed E-state index contributed by atoms with van der Waals surface area (Å²) in [7, 11) is 0. The number of hydrogen-bond acceptors (Lipinski definition) is 2. The number of nitrogens with one attached hydrogen (secondary N) is 2. The fourth-order valence-corrected chi connectivity index (χ4v) is 1.69. The zero-order valence-electron chi connectivity index (χ0n) is 12.1. The number of halogens is 1. The summed E-state index contributed by atoms with van der Waals surface area (Å²) >= 11 is 0. The third-order valence-corrected chi connectivity index (χ3v) is 3.00. The first-order valence-electron chi connectivity index (χ1n) is 6.57. The van der Waals surface area contributed by atoms with Gasteiger partial charge in [-0.15, -0.1) is 0 Å². The van der Waals surface area contributed by atoms with E-state index in [-0.39, 0.29) is 23.2 Å². The second-order valence-corrected chi connectivity index (χ2v) is 5.71. The van der Waals surface area contributed by atoms with Gasteiger partial charge in [-0.1, -0.05) is 39.8 Å². The van der Waals surface area contributed by atoms with Crippen molar-refractivity contribution in [3.05, 3.63) is 35.6 Å². The van der Waals surface area contributed by atoms with E-state index in [0.717, 1.165) is 5.56 Å². The minimum Gasteiger partial charge on any atom is -0.354 e. The first kappa shape index (κ1) is 15.6. The van der Waals surface area contributed by atoms with Crippen molar-refractivity contribution in [3.63, 3.8) is 0 Å². The van der Waals surface area contributed by atoms with Crippen molar-refractivity contribution in [3.8, 4) is 0 Å². The largest absolute Gasteiger partial charge is 0.354 e. The van der Waals surface area contributed by atoms with Crippen LogP contribution in [-0.2, 0) is 10.2 Å². The molecule has 2 N–H and O–H groups in total. The van der Waals surface area contributed by atoms with Crippen LogP contribution in [0, 0.1) is 5.82 Å². The van der Waals surface area contributed by atoms with Crippen molar-refractivity contribution < 1.29 is 9.18 Å². The fourth-order valence-electron chi connectivity index (χ4n) is 1.69. The molecule has 0 radical (unpaired) electrons. The SMILES string of the molecule is CC(C)NCC(=O)NCC(C)(C)c1cccc(F)c1. The van der Waals surface area contributed by atoms with Crippen molar-refractivity contribution in [2.45, 2.75) is 39.2 Å². The minimum atomic E-state index is -0.296. The maximum absolute atomic E-state index is 13.2. The lowest BCUT2D eigenvalue weighted by Gasteiger charge is -2.26. The van der Waals surface area contributed by atoms with Gasteiger partial charge < -0.3 is 10.6 Å². The van der Waals surface area contributed by atoms with Crippen LogP contribution in [0.3, 0.4) is 0 Å². The summed E-state index contributed by atoms with van der Waals surface area (Å²) in [6, 6.07) is 6.78. The van der Waals surface area contributed by atoms with Gasteiger partial charge in [0.1, 0.15) is 5.82 Å².